The maximum absolute atomic E-state index is 13.6. The van der Waals surface area contributed by atoms with E-state index in [4.69, 9.17) is 10.00 Å². The van der Waals surface area contributed by atoms with Gasteiger partial charge in [-0.25, -0.2) is 9.18 Å². The van der Waals surface area contributed by atoms with Crippen LogP contribution in [0.4, 0.5) is 4.39 Å². The molecule has 0 atom stereocenters. The molecule has 0 unspecified atom stereocenters. The summed E-state index contributed by atoms with van der Waals surface area (Å²) < 4.78 is 20.1. The number of fused-ring (bicyclic) bond motifs is 1. The number of carbonyl (C=O) groups excluding carboxylic acids is 1. The van der Waals surface area contributed by atoms with E-state index in [1.54, 1.807) is 35.0 Å². The zero-order valence-corrected chi connectivity index (χ0v) is 11.7. The Morgan fingerprint density at radius 2 is 2.09 bits per heavy atom. The average molecular weight is 294 g/mol. The van der Waals surface area contributed by atoms with Crippen molar-refractivity contribution >= 4 is 16.9 Å². The van der Waals surface area contributed by atoms with E-state index in [-0.39, 0.29) is 5.56 Å². The Morgan fingerprint density at radius 3 is 2.82 bits per heavy atom. The quantitative estimate of drug-likeness (QED) is 0.680. The minimum Gasteiger partial charge on any atom is -0.465 e. The molecule has 0 saturated carbocycles. The molecule has 3 aromatic rings. The van der Waals surface area contributed by atoms with Gasteiger partial charge in [0.15, 0.2) is 0 Å². The van der Waals surface area contributed by atoms with Gasteiger partial charge in [-0.1, -0.05) is 6.07 Å². The molecule has 0 aliphatic carbocycles. The number of aromatic nitrogens is 1. The predicted octanol–water partition coefficient (Wildman–Crippen LogP) is 3.43. The zero-order valence-electron chi connectivity index (χ0n) is 11.7. The summed E-state index contributed by atoms with van der Waals surface area (Å²) in [4.78, 5) is 11.8. The van der Waals surface area contributed by atoms with Crippen molar-refractivity contribution in [3.05, 3.63) is 65.6 Å². The van der Waals surface area contributed by atoms with Crippen LogP contribution in [0.5, 0.6) is 0 Å². The van der Waals surface area contributed by atoms with E-state index in [9.17, 15) is 9.18 Å². The highest BCUT2D eigenvalue weighted by atomic mass is 19.1. The molecule has 0 bridgehead atoms. The number of esters is 1. The van der Waals surface area contributed by atoms with Gasteiger partial charge in [0, 0.05) is 17.3 Å². The number of nitriles is 1. The Kier molecular flexibility index (Phi) is 3.36. The molecule has 0 amide bonds. The number of benzene rings is 2. The predicted molar refractivity (Wildman–Crippen MR) is 79.3 cm³/mol. The highest BCUT2D eigenvalue weighted by Crippen LogP contribution is 2.25. The lowest BCUT2D eigenvalue weighted by atomic mass is 10.1. The molecule has 5 heteroatoms. The van der Waals surface area contributed by atoms with Crippen molar-refractivity contribution in [3.8, 4) is 11.8 Å². The molecule has 0 radical (unpaired) electrons. The lowest BCUT2D eigenvalue weighted by molar-refractivity contribution is 0.0603. The Morgan fingerprint density at radius 1 is 1.27 bits per heavy atom. The molecular formula is C17H11FN2O2. The number of methoxy groups -OCH3 is 1. The summed E-state index contributed by atoms with van der Waals surface area (Å²) in [7, 11) is 1.32. The smallest absolute Gasteiger partial charge is 0.338 e. The van der Waals surface area contributed by atoms with Gasteiger partial charge in [0.1, 0.15) is 5.82 Å². The SMILES string of the molecule is COC(=O)c1cccc2c1ccn2-c1cc(F)cc(C#N)c1. The molecule has 0 saturated heterocycles. The topological polar surface area (TPSA) is 55.0 Å². The summed E-state index contributed by atoms with van der Waals surface area (Å²) in [6, 6.07) is 13.0. The fourth-order valence-electron chi connectivity index (χ4n) is 2.46. The van der Waals surface area contributed by atoms with Gasteiger partial charge in [-0.05, 0) is 36.4 Å². The summed E-state index contributed by atoms with van der Waals surface area (Å²) in [5.74, 6) is -0.916. The lowest BCUT2D eigenvalue weighted by Gasteiger charge is -2.07. The fourth-order valence-corrected chi connectivity index (χ4v) is 2.46. The van der Waals surface area contributed by atoms with E-state index in [0.29, 0.717) is 16.6 Å². The second-order valence-corrected chi connectivity index (χ2v) is 4.73. The van der Waals surface area contributed by atoms with Gasteiger partial charge < -0.3 is 9.30 Å². The molecule has 4 nitrogen and oxygen atoms in total. The third-order valence-corrected chi connectivity index (χ3v) is 3.43. The van der Waals surface area contributed by atoms with Crippen LogP contribution in [-0.2, 0) is 4.74 Å². The maximum atomic E-state index is 13.6. The molecule has 108 valence electrons. The zero-order chi connectivity index (χ0) is 15.7. The number of hydrogen-bond acceptors (Lipinski definition) is 3. The van der Waals surface area contributed by atoms with Crippen molar-refractivity contribution in [2.75, 3.05) is 7.11 Å². The molecule has 0 aliphatic heterocycles. The Labute approximate surface area is 126 Å². The second-order valence-electron chi connectivity index (χ2n) is 4.73. The third-order valence-electron chi connectivity index (χ3n) is 3.43. The highest BCUT2D eigenvalue weighted by Gasteiger charge is 2.13. The number of hydrogen-bond donors (Lipinski definition) is 0. The monoisotopic (exact) mass is 294 g/mol. The summed E-state index contributed by atoms with van der Waals surface area (Å²) in [5, 5.41) is 9.66. The van der Waals surface area contributed by atoms with Crippen molar-refractivity contribution in [2.24, 2.45) is 0 Å². The van der Waals surface area contributed by atoms with Crippen molar-refractivity contribution in [3.63, 3.8) is 0 Å². The average Bonchev–Trinajstić information content (AvgIpc) is 2.97. The maximum Gasteiger partial charge on any atom is 0.338 e. The first-order chi connectivity index (χ1) is 10.6. The van der Waals surface area contributed by atoms with Crippen LogP contribution in [-0.4, -0.2) is 17.6 Å². The van der Waals surface area contributed by atoms with Gasteiger partial charge in [-0.3, -0.25) is 0 Å². The molecule has 2 aromatic carbocycles. The summed E-state index contributed by atoms with van der Waals surface area (Å²) in [5.41, 5.74) is 1.93. The fraction of sp³-hybridized carbons (Fsp3) is 0.0588. The van der Waals surface area contributed by atoms with Crippen LogP contribution in [0.15, 0.2) is 48.7 Å². The van der Waals surface area contributed by atoms with Gasteiger partial charge in [-0.15, -0.1) is 0 Å². The largest absolute Gasteiger partial charge is 0.465 e. The normalized spacial score (nSPS) is 10.4. The van der Waals surface area contributed by atoms with Crippen LogP contribution in [0.2, 0.25) is 0 Å². The van der Waals surface area contributed by atoms with Gasteiger partial charge in [0.25, 0.3) is 0 Å². The van der Waals surface area contributed by atoms with Gasteiger partial charge in [-0.2, -0.15) is 5.26 Å². The van der Waals surface area contributed by atoms with E-state index in [1.807, 2.05) is 12.1 Å². The van der Waals surface area contributed by atoms with E-state index in [2.05, 4.69) is 0 Å². The Hall–Kier alpha value is -3.13. The first kappa shape index (κ1) is 13.8. The molecule has 0 aliphatic rings. The van der Waals surface area contributed by atoms with E-state index < -0.39 is 11.8 Å². The van der Waals surface area contributed by atoms with E-state index in [0.717, 1.165) is 5.52 Å². The standard InChI is InChI=1S/C17H11FN2O2/c1-22-17(21)15-3-2-4-16-14(15)5-6-20(16)13-8-11(10-19)7-12(18)9-13/h2-9H,1H3. The van der Waals surface area contributed by atoms with Crippen molar-refractivity contribution in [1.82, 2.24) is 4.57 Å². The van der Waals surface area contributed by atoms with E-state index in [1.165, 1.54) is 19.2 Å². The summed E-state index contributed by atoms with van der Waals surface area (Å²) in [6.07, 6.45) is 1.73. The van der Waals surface area contributed by atoms with Crippen LogP contribution >= 0.6 is 0 Å². The van der Waals surface area contributed by atoms with Crippen LogP contribution in [0.25, 0.3) is 16.6 Å². The molecule has 0 spiro atoms. The van der Waals surface area contributed by atoms with Crippen molar-refractivity contribution < 1.29 is 13.9 Å². The number of carbonyl (C=O) groups is 1. The summed E-state index contributed by atoms with van der Waals surface area (Å²) >= 11 is 0. The first-order valence-electron chi connectivity index (χ1n) is 6.53. The highest BCUT2D eigenvalue weighted by molar-refractivity contribution is 6.04. The van der Waals surface area contributed by atoms with Crippen LogP contribution in [0, 0.1) is 17.1 Å². The number of rotatable bonds is 2. The molecule has 3 rings (SSSR count). The minimum atomic E-state index is -0.486. The number of ether oxygens (including phenoxy) is 1. The minimum absolute atomic E-state index is 0.237. The number of halogens is 1. The van der Waals surface area contributed by atoms with Crippen molar-refractivity contribution in [2.45, 2.75) is 0 Å². The van der Waals surface area contributed by atoms with Crippen molar-refractivity contribution in [1.29, 1.82) is 5.26 Å². The third kappa shape index (κ3) is 2.21. The molecule has 22 heavy (non-hydrogen) atoms. The first-order valence-corrected chi connectivity index (χ1v) is 6.53. The molecule has 0 N–H and O–H groups in total. The van der Waals surface area contributed by atoms with Crippen LogP contribution < -0.4 is 0 Å². The lowest BCUT2D eigenvalue weighted by Crippen LogP contribution is -2.01. The molecule has 1 heterocycles. The number of nitrogens with zero attached hydrogens (tertiary/aromatic N) is 2. The van der Waals surface area contributed by atoms with Gasteiger partial charge in [0.05, 0.1) is 29.8 Å². The molecule has 0 fully saturated rings. The van der Waals surface area contributed by atoms with Gasteiger partial charge >= 0.3 is 5.97 Å². The van der Waals surface area contributed by atoms with Crippen LogP contribution in [0.1, 0.15) is 15.9 Å². The Bertz CT molecular complexity index is 922. The van der Waals surface area contributed by atoms with E-state index >= 15 is 0 Å². The molecular weight excluding hydrogens is 283 g/mol. The molecule has 1 aromatic heterocycles. The van der Waals surface area contributed by atoms with Crippen LogP contribution in [0.3, 0.4) is 0 Å². The second kappa shape index (κ2) is 5.34. The Balaban J connectivity index is 2.24. The summed E-state index contributed by atoms with van der Waals surface area (Å²) in [6.45, 7) is 0. The van der Waals surface area contributed by atoms with Gasteiger partial charge in [0.2, 0.25) is 0 Å².